The number of nitrogen functional groups attached to an aromatic ring is 1. The summed E-state index contributed by atoms with van der Waals surface area (Å²) in [4.78, 5) is 0. The Morgan fingerprint density at radius 3 is 2.74 bits per heavy atom. The topological polar surface area (TPSA) is 78.2 Å². The minimum absolute atomic E-state index is 0.0981. The SMILES string of the molecule is N#CC1CC(c2ccoc2)NN1c1ccc(N)cc1. The van der Waals surface area contributed by atoms with E-state index >= 15 is 0 Å². The fourth-order valence-corrected chi connectivity index (χ4v) is 2.32. The number of benzene rings is 1. The average molecular weight is 254 g/mol. The van der Waals surface area contributed by atoms with E-state index in [2.05, 4.69) is 11.5 Å². The third-order valence-electron chi connectivity index (χ3n) is 3.33. The van der Waals surface area contributed by atoms with Crippen LogP contribution < -0.4 is 16.2 Å². The maximum Gasteiger partial charge on any atom is 0.134 e. The van der Waals surface area contributed by atoms with Crippen molar-refractivity contribution in [2.75, 3.05) is 10.7 Å². The zero-order valence-corrected chi connectivity index (χ0v) is 10.3. The number of nitrogens with one attached hydrogen (secondary N) is 1. The van der Waals surface area contributed by atoms with Gasteiger partial charge in [-0.2, -0.15) is 5.26 Å². The predicted octanol–water partition coefficient (Wildman–Crippen LogP) is 2.21. The number of hydrogen-bond donors (Lipinski definition) is 2. The van der Waals surface area contributed by atoms with E-state index in [0.717, 1.165) is 17.7 Å². The van der Waals surface area contributed by atoms with Crippen molar-refractivity contribution in [1.29, 1.82) is 5.26 Å². The first-order chi connectivity index (χ1) is 9.28. The number of nitrogens with zero attached hydrogens (tertiary/aromatic N) is 2. The van der Waals surface area contributed by atoms with Crippen molar-refractivity contribution in [3.8, 4) is 6.07 Å². The quantitative estimate of drug-likeness (QED) is 0.803. The molecule has 1 aliphatic rings. The Hall–Kier alpha value is -2.45. The van der Waals surface area contributed by atoms with E-state index in [0.29, 0.717) is 5.69 Å². The second-order valence-corrected chi connectivity index (χ2v) is 4.58. The molecular weight excluding hydrogens is 240 g/mol. The summed E-state index contributed by atoms with van der Waals surface area (Å²) in [5, 5.41) is 11.2. The molecule has 3 rings (SSSR count). The summed E-state index contributed by atoms with van der Waals surface area (Å²) in [6.45, 7) is 0. The number of nitrogens with two attached hydrogens (primary N) is 1. The monoisotopic (exact) mass is 254 g/mol. The van der Waals surface area contributed by atoms with Crippen molar-refractivity contribution < 1.29 is 4.42 Å². The Bertz CT molecular complexity index is 585. The molecule has 0 radical (unpaired) electrons. The van der Waals surface area contributed by atoms with Crippen LogP contribution in [0.1, 0.15) is 18.0 Å². The van der Waals surface area contributed by atoms with Crippen molar-refractivity contribution in [3.63, 3.8) is 0 Å². The van der Waals surface area contributed by atoms with Gasteiger partial charge in [-0.05, 0) is 30.3 Å². The third-order valence-corrected chi connectivity index (χ3v) is 3.33. The first kappa shape index (κ1) is 11.6. The van der Waals surface area contributed by atoms with Gasteiger partial charge in [0.15, 0.2) is 0 Å². The van der Waals surface area contributed by atoms with Crippen LogP contribution >= 0.6 is 0 Å². The fourth-order valence-electron chi connectivity index (χ4n) is 2.32. The van der Waals surface area contributed by atoms with Crippen molar-refractivity contribution in [1.82, 2.24) is 5.43 Å². The van der Waals surface area contributed by atoms with Crippen molar-refractivity contribution >= 4 is 11.4 Å². The molecule has 5 nitrogen and oxygen atoms in total. The van der Waals surface area contributed by atoms with Gasteiger partial charge in [-0.3, -0.25) is 5.01 Å². The number of hydrazine groups is 1. The summed E-state index contributed by atoms with van der Waals surface area (Å²) in [5.74, 6) is 0. The van der Waals surface area contributed by atoms with Gasteiger partial charge in [0.05, 0.1) is 30.3 Å². The van der Waals surface area contributed by atoms with Crippen molar-refractivity contribution in [3.05, 3.63) is 48.4 Å². The zero-order chi connectivity index (χ0) is 13.2. The van der Waals surface area contributed by atoms with E-state index in [1.807, 2.05) is 35.3 Å². The van der Waals surface area contributed by atoms with Gasteiger partial charge in [-0.15, -0.1) is 0 Å². The number of rotatable bonds is 2. The first-order valence-electron chi connectivity index (χ1n) is 6.10. The molecule has 2 aromatic rings. The van der Waals surface area contributed by atoms with E-state index in [1.54, 1.807) is 12.5 Å². The van der Waals surface area contributed by atoms with Gasteiger partial charge in [-0.25, -0.2) is 5.43 Å². The Morgan fingerprint density at radius 1 is 1.32 bits per heavy atom. The Morgan fingerprint density at radius 2 is 2.11 bits per heavy atom. The normalized spacial score (nSPS) is 22.4. The summed E-state index contributed by atoms with van der Waals surface area (Å²) < 4.78 is 5.09. The van der Waals surface area contributed by atoms with Gasteiger partial charge in [-0.1, -0.05) is 0 Å². The Kier molecular flexibility index (Phi) is 2.86. The molecule has 2 heterocycles. The molecule has 1 fully saturated rings. The smallest absolute Gasteiger partial charge is 0.134 e. The van der Waals surface area contributed by atoms with Crippen LogP contribution in [0, 0.1) is 11.3 Å². The maximum atomic E-state index is 9.29. The third kappa shape index (κ3) is 2.14. The number of furan rings is 1. The van der Waals surface area contributed by atoms with E-state index in [1.165, 1.54) is 0 Å². The lowest BCUT2D eigenvalue weighted by molar-refractivity contribution is 0.550. The van der Waals surface area contributed by atoms with Crippen LogP contribution in [-0.4, -0.2) is 6.04 Å². The molecule has 0 spiro atoms. The average Bonchev–Trinajstić information content (AvgIpc) is 3.08. The molecular formula is C14H14N4O. The van der Waals surface area contributed by atoms with Crippen LogP contribution in [0.3, 0.4) is 0 Å². The molecule has 2 atom stereocenters. The summed E-state index contributed by atoms with van der Waals surface area (Å²) in [6.07, 6.45) is 4.07. The Balaban J connectivity index is 1.85. The van der Waals surface area contributed by atoms with Crippen LogP contribution in [0.5, 0.6) is 0 Å². The van der Waals surface area contributed by atoms with Gasteiger partial charge in [0.1, 0.15) is 6.04 Å². The lowest BCUT2D eigenvalue weighted by Gasteiger charge is -2.22. The zero-order valence-electron chi connectivity index (χ0n) is 10.3. The molecule has 1 aliphatic heterocycles. The molecule has 0 saturated carbocycles. The highest BCUT2D eigenvalue weighted by Gasteiger charge is 2.33. The second-order valence-electron chi connectivity index (χ2n) is 4.58. The lowest BCUT2D eigenvalue weighted by atomic mass is 10.1. The summed E-state index contributed by atoms with van der Waals surface area (Å²) in [6, 6.07) is 11.6. The van der Waals surface area contributed by atoms with Crippen LogP contribution in [0.25, 0.3) is 0 Å². The lowest BCUT2D eigenvalue weighted by Crippen LogP contribution is -2.37. The molecule has 0 aliphatic carbocycles. The molecule has 3 N–H and O–H groups in total. The molecule has 1 aromatic carbocycles. The van der Waals surface area contributed by atoms with Crippen LogP contribution in [-0.2, 0) is 0 Å². The van der Waals surface area contributed by atoms with E-state index in [4.69, 9.17) is 10.2 Å². The highest BCUT2D eigenvalue weighted by Crippen LogP contribution is 2.31. The molecule has 2 unspecified atom stereocenters. The van der Waals surface area contributed by atoms with Crippen molar-refractivity contribution in [2.24, 2.45) is 0 Å². The second kappa shape index (κ2) is 4.67. The minimum Gasteiger partial charge on any atom is -0.472 e. The van der Waals surface area contributed by atoms with Crippen LogP contribution in [0.15, 0.2) is 47.3 Å². The Labute approximate surface area is 111 Å². The molecule has 5 heteroatoms. The van der Waals surface area contributed by atoms with Gasteiger partial charge >= 0.3 is 0 Å². The standard InChI is InChI=1S/C14H14N4O/c15-8-13-7-14(10-5-6-19-9-10)17-18(13)12-3-1-11(16)2-4-12/h1-6,9,13-14,17H,7,16H2. The minimum atomic E-state index is -0.205. The molecule has 1 aromatic heterocycles. The summed E-state index contributed by atoms with van der Waals surface area (Å²) in [5.41, 5.74) is 11.7. The molecule has 96 valence electrons. The first-order valence-corrected chi connectivity index (χ1v) is 6.10. The maximum absolute atomic E-state index is 9.29. The summed E-state index contributed by atoms with van der Waals surface area (Å²) >= 11 is 0. The van der Waals surface area contributed by atoms with Gasteiger partial charge in [0.2, 0.25) is 0 Å². The van der Waals surface area contributed by atoms with E-state index in [-0.39, 0.29) is 12.1 Å². The van der Waals surface area contributed by atoms with Gasteiger partial charge < -0.3 is 10.2 Å². The van der Waals surface area contributed by atoms with Gasteiger partial charge in [0, 0.05) is 17.7 Å². The predicted molar refractivity (Wildman–Crippen MR) is 71.9 cm³/mol. The molecule has 0 amide bonds. The largest absolute Gasteiger partial charge is 0.472 e. The molecule has 19 heavy (non-hydrogen) atoms. The van der Waals surface area contributed by atoms with Crippen molar-refractivity contribution in [2.45, 2.75) is 18.5 Å². The number of anilines is 2. The van der Waals surface area contributed by atoms with Crippen LogP contribution in [0.4, 0.5) is 11.4 Å². The van der Waals surface area contributed by atoms with Crippen LogP contribution in [0.2, 0.25) is 0 Å². The van der Waals surface area contributed by atoms with Gasteiger partial charge in [0.25, 0.3) is 0 Å². The summed E-state index contributed by atoms with van der Waals surface area (Å²) in [7, 11) is 0. The molecule has 0 bridgehead atoms. The number of nitriles is 1. The van der Waals surface area contributed by atoms with E-state index in [9.17, 15) is 5.26 Å². The highest BCUT2D eigenvalue weighted by molar-refractivity contribution is 5.54. The molecule has 1 saturated heterocycles. The van der Waals surface area contributed by atoms with E-state index < -0.39 is 0 Å². The fraction of sp³-hybridized carbons (Fsp3) is 0.214. The highest BCUT2D eigenvalue weighted by atomic mass is 16.3. The number of hydrogen-bond acceptors (Lipinski definition) is 5.